The number of nitrogens with zero attached hydrogens (tertiary/aromatic N) is 1. The van der Waals surface area contributed by atoms with Crippen LogP contribution in [0.25, 0.3) is 0 Å². The molecule has 1 heterocycles. The third kappa shape index (κ3) is 5.26. The quantitative estimate of drug-likeness (QED) is 0.559. The first-order chi connectivity index (χ1) is 13.1. The predicted molar refractivity (Wildman–Crippen MR) is 108 cm³/mol. The Balaban J connectivity index is 1.40. The van der Waals surface area contributed by atoms with E-state index in [1.54, 1.807) is 23.6 Å². The van der Waals surface area contributed by atoms with E-state index in [9.17, 15) is 9.59 Å². The Morgan fingerprint density at radius 1 is 1.15 bits per heavy atom. The highest BCUT2D eigenvalue weighted by molar-refractivity contribution is 7.99. The number of benzene rings is 2. The first-order valence-electron chi connectivity index (χ1n) is 9.17. The number of nitrogens with one attached hydrogen (secondary N) is 1. The zero-order valence-electron chi connectivity index (χ0n) is 15.4. The number of thioether (sulfide) groups is 1. The number of carbonyl (C=O) groups is 2. The van der Waals surface area contributed by atoms with E-state index < -0.39 is 6.10 Å². The molecule has 5 nitrogen and oxygen atoms in total. The minimum atomic E-state index is -0.530. The Bertz CT molecular complexity index is 782. The van der Waals surface area contributed by atoms with Gasteiger partial charge in [-0.3, -0.25) is 9.59 Å². The first kappa shape index (κ1) is 19.3. The van der Waals surface area contributed by atoms with Gasteiger partial charge in [0.15, 0.2) is 6.10 Å². The zero-order valence-corrected chi connectivity index (χ0v) is 16.2. The van der Waals surface area contributed by atoms with Crippen LogP contribution in [0.1, 0.15) is 19.8 Å². The van der Waals surface area contributed by atoms with Gasteiger partial charge in [-0.1, -0.05) is 30.3 Å². The molecule has 27 heavy (non-hydrogen) atoms. The van der Waals surface area contributed by atoms with Crippen molar-refractivity contribution >= 4 is 29.3 Å². The third-order valence-corrected chi connectivity index (χ3v) is 5.39. The van der Waals surface area contributed by atoms with Gasteiger partial charge in [-0.25, -0.2) is 0 Å². The van der Waals surface area contributed by atoms with Crippen LogP contribution in [0.4, 0.5) is 5.69 Å². The molecule has 1 aliphatic heterocycles. The van der Waals surface area contributed by atoms with Gasteiger partial charge in [-0.05, 0) is 43.4 Å². The van der Waals surface area contributed by atoms with Crippen LogP contribution in [0.5, 0.6) is 5.75 Å². The van der Waals surface area contributed by atoms with Crippen molar-refractivity contribution in [2.45, 2.75) is 30.8 Å². The number of hydrogen-bond acceptors (Lipinski definition) is 4. The van der Waals surface area contributed by atoms with Gasteiger partial charge in [-0.2, -0.15) is 0 Å². The molecule has 0 saturated heterocycles. The summed E-state index contributed by atoms with van der Waals surface area (Å²) >= 11 is 1.78. The van der Waals surface area contributed by atoms with Gasteiger partial charge in [0, 0.05) is 24.4 Å². The normalized spacial score (nSPS) is 15.8. The topological polar surface area (TPSA) is 58.6 Å². The molecule has 0 spiro atoms. The highest BCUT2D eigenvalue weighted by Crippen LogP contribution is 2.33. The van der Waals surface area contributed by atoms with Crippen molar-refractivity contribution in [3.63, 3.8) is 0 Å². The van der Waals surface area contributed by atoms with Crippen molar-refractivity contribution in [3.8, 4) is 5.75 Å². The molecule has 142 valence electrons. The van der Waals surface area contributed by atoms with Crippen LogP contribution in [0, 0.1) is 0 Å². The second kappa shape index (κ2) is 9.46. The zero-order chi connectivity index (χ0) is 19.1. The molecular weight excluding hydrogens is 360 g/mol. The average molecular weight is 385 g/mol. The van der Waals surface area contributed by atoms with Crippen molar-refractivity contribution in [1.29, 1.82) is 0 Å². The fourth-order valence-electron chi connectivity index (χ4n) is 2.90. The lowest BCUT2D eigenvalue weighted by Crippen LogP contribution is -2.45. The third-order valence-electron chi connectivity index (χ3n) is 4.29. The van der Waals surface area contributed by atoms with Crippen LogP contribution in [0.2, 0.25) is 0 Å². The highest BCUT2D eigenvalue weighted by Gasteiger charge is 2.31. The molecule has 0 fully saturated rings. The summed E-state index contributed by atoms with van der Waals surface area (Å²) in [4.78, 5) is 27.4. The largest absolute Gasteiger partial charge is 0.479 e. The molecule has 1 aliphatic rings. The minimum absolute atomic E-state index is 0.0378. The summed E-state index contributed by atoms with van der Waals surface area (Å²) in [6, 6.07) is 17.6. The standard InChI is InChI=1S/C21H24N2O3S/c1-16-21(25)23(18-10-5-6-11-19(18)26-16)14-12-20(24)22-13-7-15-27-17-8-3-2-4-9-17/h2-6,8-11,16H,7,12-15H2,1H3,(H,22,24)/t16-/m1/s1. The summed E-state index contributed by atoms with van der Waals surface area (Å²) in [6.07, 6.45) is 0.651. The van der Waals surface area contributed by atoms with Gasteiger partial charge in [-0.15, -0.1) is 11.8 Å². The van der Waals surface area contributed by atoms with E-state index in [4.69, 9.17) is 4.74 Å². The Kier molecular flexibility index (Phi) is 6.76. The second-order valence-electron chi connectivity index (χ2n) is 6.33. The van der Waals surface area contributed by atoms with Gasteiger partial charge in [0.2, 0.25) is 5.91 Å². The SMILES string of the molecule is C[C@H]1Oc2ccccc2N(CCC(=O)NCCCSc2ccccc2)C1=O. The lowest BCUT2D eigenvalue weighted by Gasteiger charge is -2.32. The van der Waals surface area contributed by atoms with E-state index >= 15 is 0 Å². The summed E-state index contributed by atoms with van der Waals surface area (Å²) in [6.45, 7) is 2.73. The van der Waals surface area contributed by atoms with Crippen LogP contribution in [-0.4, -0.2) is 36.8 Å². The predicted octanol–water partition coefficient (Wildman–Crippen LogP) is 3.49. The Labute approximate surface area is 164 Å². The minimum Gasteiger partial charge on any atom is -0.479 e. The maximum atomic E-state index is 12.4. The van der Waals surface area contributed by atoms with Crippen molar-refractivity contribution in [2.75, 3.05) is 23.7 Å². The van der Waals surface area contributed by atoms with E-state index in [1.165, 1.54) is 4.90 Å². The molecule has 3 rings (SSSR count). The van der Waals surface area contributed by atoms with Crippen molar-refractivity contribution in [2.24, 2.45) is 0 Å². The molecule has 1 atom stereocenters. The van der Waals surface area contributed by atoms with Crippen LogP contribution in [0.3, 0.4) is 0 Å². The molecular formula is C21H24N2O3S. The molecule has 2 aromatic rings. The highest BCUT2D eigenvalue weighted by atomic mass is 32.2. The number of rotatable bonds is 8. The van der Waals surface area contributed by atoms with E-state index in [0.717, 1.165) is 17.9 Å². The maximum absolute atomic E-state index is 12.4. The maximum Gasteiger partial charge on any atom is 0.267 e. The number of fused-ring (bicyclic) bond motifs is 1. The Morgan fingerprint density at radius 3 is 2.70 bits per heavy atom. The summed E-state index contributed by atoms with van der Waals surface area (Å²) in [5.41, 5.74) is 0.729. The monoisotopic (exact) mass is 384 g/mol. The van der Waals surface area contributed by atoms with Gasteiger partial charge in [0.25, 0.3) is 5.91 Å². The van der Waals surface area contributed by atoms with Gasteiger partial charge < -0.3 is 15.0 Å². The summed E-state index contributed by atoms with van der Waals surface area (Å²) in [7, 11) is 0. The van der Waals surface area contributed by atoms with Crippen LogP contribution < -0.4 is 15.0 Å². The fourth-order valence-corrected chi connectivity index (χ4v) is 3.77. The van der Waals surface area contributed by atoms with Crippen LogP contribution >= 0.6 is 11.8 Å². The Hall–Kier alpha value is -2.47. The molecule has 0 unspecified atom stereocenters. The van der Waals surface area contributed by atoms with E-state index in [2.05, 4.69) is 17.4 Å². The summed E-state index contributed by atoms with van der Waals surface area (Å²) in [5, 5.41) is 2.94. The van der Waals surface area contributed by atoms with Crippen molar-refractivity contribution in [1.82, 2.24) is 5.32 Å². The molecule has 6 heteroatoms. The Morgan fingerprint density at radius 2 is 1.89 bits per heavy atom. The molecule has 0 radical (unpaired) electrons. The number of ether oxygens (including phenoxy) is 1. The number of amides is 2. The van der Waals surface area contributed by atoms with Gasteiger partial charge in [0.1, 0.15) is 5.75 Å². The summed E-state index contributed by atoms with van der Waals surface area (Å²) < 4.78 is 5.62. The molecule has 0 aromatic heterocycles. The molecule has 2 amide bonds. The lowest BCUT2D eigenvalue weighted by atomic mass is 10.1. The van der Waals surface area contributed by atoms with Crippen LogP contribution in [-0.2, 0) is 9.59 Å². The van der Waals surface area contributed by atoms with Gasteiger partial charge >= 0.3 is 0 Å². The second-order valence-corrected chi connectivity index (χ2v) is 7.50. The summed E-state index contributed by atoms with van der Waals surface area (Å²) in [5.74, 6) is 1.49. The average Bonchev–Trinajstić information content (AvgIpc) is 2.69. The van der Waals surface area contributed by atoms with Crippen molar-refractivity contribution in [3.05, 3.63) is 54.6 Å². The molecule has 1 N–H and O–H groups in total. The number of carbonyl (C=O) groups excluding carboxylic acids is 2. The first-order valence-corrected chi connectivity index (χ1v) is 10.2. The molecule has 0 saturated carbocycles. The van der Waals surface area contributed by atoms with E-state index in [0.29, 0.717) is 18.8 Å². The molecule has 2 aromatic carbocycles. The fraction of sp³-hybridized carbons (Fsp3) is 0.333. The van der Waals surface area contributed by atoms with Gasteiger partial charge in [0.05, 0.1) is 5.69 Å². The number of anilines is 1. The van der Waals surface area contributed by atoms with E-state index in [-0.39, 0.29) is 18.2 Å². The van der Waals surface area contributed by atoms with Crippen molar-refractivity contribution < 1.29 is 14.3 Å². The van der Waals surface area contributed by atoms with E-state index in [1.807, 2.05) is 42.5 Å². The smallest absolute Gasteiger partial charge is 0.267 e. The molecule has 0 bridgehead atoms. The lowest BCUT2D eigenvalue weighted by molar-refractivity contribution is -0.125. The number of para-hydroxylation sites is 2. The van der Waals surface area contributed by atoms with Crippen LogP contribution in [0.15, 0.2) is 59.5 Å². The molecule has 0 aliphatic carbocycles. The number of hydrogen-bond donors (Lipinski definition) is 1.